The fraction of sp³-hybridized carbons (Fsp3) is 0.818. The fourth-order valence-electron chi connectivity index (χ4n) is 1.46. The number of rotatable bonds is 10. The van der Waals surface area contributed by atoms with Crippen molar-refractivity contribution in [3.63, 3.8) is 0 Å². The molecule has 0 rings (SSSR count). The lowest BCUT2D eigenvalue weighted by atomic mass is 10.4. The van der Waals surface area contributed by atoms with Crippen LogP contribution >= 0.6 is 0 Å². The number of primary amides is 1. The summed E-state index contributed by atoms with van der Waals surface area (Å²) >= 11 is 0. The van der Waals surface area contributed by atoms with Crippen LogP contribution in [-0.4, -0.2) is 63.4 Å². The van der Waals surface area contributed by atoms with E-state index < -0.39 is 21.7 Å². The number of nitrogens with two attached hydrogens (primary N) is 1. The van der Waals surface area contributed by atoms with Crippen molar-refractivity contribution in [2.45, 2.75) is 19.8 Å². The molecule has 7 nitrogen and oxygen atoms in total. The third kappa shape index (κ3) is 9.43. The molecule has 0 aromatic heterocycles. The standard InChI is InChI=1S/C11H22N2O5S/c1-3-5-13(9-11(15)18-2)6-8-19(16,17)7-4-10(12)14/h3-9H2,1-2H3,(H2,12,14). The molecule has 0 radical (unpaired) electrons. The number of ether oxygens (including phenoxy) is 1. The van der Waals surface area contributed by atoms with Crippen LogP contribution in [0.2, 0.25) is 0 Å². The van der Waals surface area contributed by atoms with Gasteiger partial charge in [-0.25, -0.2) is 8.42 Å². The Morgan fingerprint density at radius 2 is 1.84 bits per heavy atom. The van der Waals surface area contributed by atoms with Gasteiger partial charge in [-0.05, 0) is 13.0 Å². The largest absolute Gasteiger partial charge is 0.468 e. The average Bonchev–Trinajstić information content (AvgIpc) is 2.34. The van der Waals surface area contributed by atoms with E-state index in [1.54, 1.807) is 4.90 Å². The second-order valence-electron chi connectivity index (χ2n) is 4.22. The number of amides is 1. The molecule has 0 aromatic carbocycles. The lowest BCUT2D eigenvalue weighted by molar-refractivity contribution is -0.141. The topological polar surface area (TPSA) is 107 Å². The minimum Gasteiger partial charge on any atom is -0.468 e. The van der Waals surface area contributed by atoms with E-state index >= 15 is 0 Å². The van der Waals surface area contributed by atoms with E-state index in [0.29, 0.717) is 6.54 Å². The average molecular weight is 294 g/mol. The smallest absolute Gasteiger partial charge is 0.319 e. The number of methoxy groups -OCH3 is 1. The number of hydrogen-bond acceptors (Lipinski definition) is 6. The molecular formula is C11H22N2O5S. The minimum atomic E-state index is -3.33. The van der Waals surface area contributed by atoms with Gasteiger partial charge in [0.15, 0.2) is 9.84 Å². The molecule has 2 N–H and O–H groups in total. The molecular weight excluding hydrogens is 272 g/mol. The summed E-state index contributed by atoms with van der Waals surface area (Å²) in [5, 5.41) is 0. The Bertz CT molecular complexity index is 394. The van der Waals surface area contributed by atoms with Crippen LogP contribution in [0.15, 0.2) is 0 Å². The summed E-state index contributed by atoms with van der Waals surface area (Å²) in [6.45, 7) is 2.85. The Balaban J connectivity index is 4.29. The zero-order valence-electron chi connectivity index (χ0n) is 11.4. The van der Waals surface area contributed by atoms with Gasteiger partial charge < -0.3 is 10.5 Å². The lowest BCUT2D eigenvalue weighted by Crippen LogP contribution is -2.35. The second kappa shape index (κ2) is 8.87. The number of sulfone groups is 1. The summed E-state index contributed by atoms with van der Waals surface area (Å²) in [6, 6.07) is 0. The third-order valence-electron chi connectivity index (χ3n) is 2.50. The van der Waals surface area contributed by atoms with Crippen LogP contribution in [0.25, 0.3) is 0 Å². The number of hydrogen-bond donors (Lipinski definition) is 1. The van der Waals surface area contributed by atoms with Gasteiger partial charge in [-0.1, -0.05) is 6.92 Å². The second-order valence-corrected chi connectivity index (χ2v) is 6.52. The summed E-state index contributed by atoms with van der Waals surface area (Å²) in [5.74, 6) is -1.39. The van der Waals surface area contributed by atoms with Crippen LogP contribution in [-0.2, 0) is 24.2 Å². The SMILES string of the molecule is CCCN(CCS(=O)(=O)CCC(N)=O)CC(=O)OC. The van der Waals surface area contributed by atoms with E-state index in [9.17, 15) is 18.0 Å². The van der Waals surface area contributed by atoms with Crippen LogP contribution in [0.4, 0.5) is 0 Å². The molecule has 0 heterocycles. The summed E-state index contributed by atoms with van der Waals surface area (Å²) in [7, 11) is -2.04. The van der Waals surface area contributed by atoms with Gasteiger partial charge in [-0.15, -0.1) is 0 Å². The molecule has 0 aromatic rings. The number of esters is 1. The maximum atomic E-state index is 11.6. The van der Waals surface area contributed by atoms with Crippen LogP contribution < -0.4 is 5.73 Å². The van der Waals surface area contributed by atoms with E-state index in [4.69, 9.17) is 5.73 Å². The van der Waals surface area contributed by atoms with Crippen LogP contribution in [0.5, 0.6) is 0 Å². The van der Waals surface area contributed by atoms with E-state index in [0.717, 1.165) is 6.42 Å². The van der Waals surface area contributed by atoms with Gasteiger partial charge in [0.05, 0.1) is 25.2 Å². The quantitative estimate of drug-likeness (QED) is 0.527. The fourth-order valence-corrected chi connectivity index (χ4v) is 2.71. The molecule has 0 saturated carbocycles. The van der Waals surface area contributed by atoms with Crippen molar-refractivity contribution >= 4 is 21.7 Å². The molecule has 0 spiro atoms. The molecule has 0 aliphatic carbocycles. The van der Waals surface area contributed by atoms with Gasteiger partial charge in [-0.3, -0.25) is 14.5 Å². The molecule has 0 unspecified atom stereocenters. The first-order chi connectivity index (χ1) is 8.80. The lowest BCUT2D eigenvalue weighted by Gasteiger charge is -2.19. The molecule has 0 aliphatic heterocycles. The highest BCUT2D eigenvalue weighted by atomic mass is 32.2. The molecule has 8 heteroatoms. The Labute approximate surface area is 114 Å². The Morgan fingerprint density at radius 1 is 1.21 bits per heavy atom. The predicted octanol–water partition coefficient (Wildman–Crippen LogP) is -0.838. The van der Waals surface area contributed by atoms with Gasteiger partial charge >= 0.3 is 5.97 Å². The highest BCUT2D eigenvalue weighted by molar-refractivity contribution is 7.91. The van der Waals surface area contributed by atoms with Crippen LogP contribution in [0, 0.1) is 0 Å². The van der Waals surface area contributed by atoms with Crippen molar-refractivity contribution in [2.75, 3.05) is 38.2 Å². The maximum absolute atomic E-state index is 11.6. The first-order valence-corrected chi connectivity index (χ1v) is 7.90. The highest BCUT2D eigenvalue weighted by Gasteiger charge is 2.16. The van der Waals surface area contributed by atoms with Crippen molar-refractivity contribution in [2.24, 2.45) is 5.73 Å². The van der Waals surface area contributed by atoms with Crippen molar-refractivity contribution in [3.05, 3.63) is 0 Å². The van der Waals surface area contributed by atoms with Gasteiger partial charge in [0.25, 0.3) is 0 Å². The first-order valence-electron chi connectivity index (χ1n) is 6.08. The summed E-state index contributed by atoms with van der Waals surface area (Å²) in [5.41, 5.74) is 4.91. The Hall–Kier alpha value is -1.15. The van der Waals surface area contributed by atoms with Crippen LogP contribution in [0.1, 0.15) is 19.8 Å². The number of carbonyl (C=O) groups excluding carboxylic acids is 2. The zero-order valence-corrected chi connectivity index (χ0v) is 12.2. The van der Waals surface area contributed by atoms with Crippen molar-refractivity contribution in [3.8, 4) is 0 Å². The van der Waals surface area contributed by atoms with Gasteiger partial charge in [-0.2, -0.15) is 0 Å². The van der Waals surface area contributed by atoms with E-state index in [2.05, 4.69) is 4.74 Å². The molecule has 19 heavy (non-hydrogen) atoms. The molecule has 112 valence electrons. The van der Waals surface area contributed by atoms with Crippen molar-refractivity contribution in [1.29, 1.82) is 0 Å². The third-order valence-corrected chi connectivity index (χ3v) is 4.13. The number of carbonyl (C=O) groups is 2. The molecule has 0 bridgehead atoms. The van der Waals surface area contributed by atoms with Gasteiger partial charge in [0.2, 0.25) is 5.91 Å². The highest BCUT2D eigenvalue weighted by Crippen LogP contribution is 1.99. The predicted molar refractivity (Wildman–Crippen MR) is 71.2 cm³/mol. The van der Waals surface area contributed by atoms with E-state index in [1.807, 2.05) is 6.92 Å². The maximum Gasteiger partial charge on any atom is 0.319 e. The first kappa shape index (κ1) is 17.8. The number of nitrogens with zero attached hydrogens (tertiary/aromatic N) is 1. The summed E-state index contributed by atoms with van der Waals surface area (Å²) in [6.07, 6.45) is 0.630. The van der Waals surface area contributed by atoms with Crippen LogP contribution in [0.3, 0.4) is 0 Å². The molecule has 0 aliphatic rings. The van der Waals surface area contributed by atoms with Gasteiger partial charge in [0.1, 0.15) is 0 Å². The summed E-state index contributed by atoms with van der Waals surface area (Å²) < 4.78 is 27.8. The molecule has 0 saturated heterocycles. The van der Waals surface area contributed by atoms with Crippen molar-refractivity contribution < 1.29 is 22.7 Å². The zero-order chi connectivity index (χ0) is 14.9. The van der Waals surface area contributed by atoms with Crippen molar-refractivity contribution in [1.82, 2.24) is 4.90 Å². The summed E-state index contributed by atoms with van der Waals surface area (Å²) in [4.78, 5) is 23.4. The normalized spacial score (nSPS) is 11.5. The molecule has 0 fully saturated rings. The van der Waals surface area contributed by atoms with E-state index in [-0.39, 0.29) is 31.0 Å². The van der Waals surface area contributed by atoms with E-state index in [1.165, 1.54) is 7.11 Å². The molecule has 0 atom stereocenters. The Morgan fingerprint density at radius 3 is 2.32 bits per heavy atom. The minimum absolute atomic E-state index is 0.0652. The Kier molecular flexibility index (Phi) is 8.33. The molecule has 1 amide bonds. The monoisotopic (exact) mass is 294 g/mol. The van der Waals surface area contributed by atoms with Gasteiger partial charge in [0, 0.05) is 13.0 Å².